The van der Waals surface area contributed by atoms with E-state index in [2.05, 4.69) is 17.3 Å². The van der Waals surface area contributed by atoms with Crippen LogP contribution >= 0.6 is 23.2 Å². The molecule has 0 spiro atoms. The van der Waals surface area contributed by atoms with E-state index in [1.807, 2.05) is 0 Å². The third kappa shape index (κ3) is 8.99. The Morgan fingerprint density at radius 2 is 1.90 bits per heavy atom. The van der Waals surface area contributed by atoms with Crippen molar-refractivity contribution in [2.24, 2.45) is 0 Å². The van der Waals surface area contributed by atoms with Crippen LogP contribution in [-0.2, 0) is 4.74 Å². The lowest BCUT2D eigenvalue weighted by atomic mass is 10.0. The molecule has 7 heteroatoms. The van der Waals surface area contributed by atoms with Crippen LogP contribution in [0, 0.1) is 0 Å². The molecule has 2 atom stereocenters. The highest BCUT2D eigenvalue weighted by Crippen LogP contribution is 2.31. The summed E-state index contributed by atoms with van der Waals surface area (Å²) in [6, 6.07) is 4.05. The molecule has 1 aromatic rings. The number of ether oxygens (including phenoxy) is 1. The molecule has 166 valence electrons. The molecule has 0 amide bonds. The van der Waals surface area contributed by atoms with Gasteiger partial charge in [0, 0.05) is 25.8 Å². The molecule has 5 nitrogen and oxygen atoms in total. The maximum Gasteiger partial charge on any atom is 0.0915 e. The first-order chi connectivity index (χ1) is 14.0. The Bertz CT molecular complexity index is 580. The van der Waals surface area contributed by atoms with Gasteiger partial charge in [-0.15, -0.1) is 0 Å². The predicted molar refractivity (Wildman–Crippen MR) is 123 cm³/mol. The van der Waals surface area contributed by atoms with Crippen molar-refractivity contribution in [1.82, 2.24) is 10.2 Å². The molecule has 1 heterocycles. The third-order valence-electron chi connectivity index (χ3n) is 5.73. The quantitative estimate of drug-likeness (QED) is 0.304. The third-order valence-corrected chi connectivity index (χ3v) is 6.36. The van der Waals surface area contributed by atoms with Crippen LogP contribution in [0.25, 0.3) is 0 Å². The number of nitrogen functional groups attached to an aromatic ring is 1. The second kappa shape index (κ2) is 13.7. The fourth-order valence-electron chi connectivity index (χ4n) is 3.79. The van der Waals surface area contributed by atoms with E-state index in [9.17, 15) is 5.11 Å². The largest absolute Gasteiger partial charge is 0.396 e. The van der Waals surface area contributed by atoms with Gasteiger partial charge in [-0.3, -0.25) is 0 Å². The standard InChI is InChI=1S/C22H37Cl2N3O2/c1-27-11-6-4-8-18(27)9-13-29-12-7-3-2-5-10-26-16-21(28)17-14-19(23)22(25)20(24)15-17/h14-15,18,21,26,28H,2-13,16,25H2,1H3. The van der Waals surface area contributed by atoms with Crippen LogP contribution in [0.1, 0.15) is 63.0 Å². The molecular formula is C22H37Cl2N3O2. The number of hydrogen-bond acceptors (Lipinski definition) is 5. The number of aliphatic hydroxyl groups is 1. The number of halogens is 2. The Kier molecular flexibility index (Phi) is 11.7. The monoisotopic (exact) mass is 445 g/mol. The molecule has 0 saturated carbocycles. The molecule has 0 radical (unpaired) electrons. The molecular weight excluding hydrogens is 409 g/mol. The number of nitrogens with zero attached hydrogens (tertiary/aromatic N) is 1. The Labute approximate surface area is 185 Å². The minimum atomic E-state index is -0.651. The number of nitrogens with two attached hydrogens (primary N) is 1. The zero-order valence-corrected chi connectivity index (χ0v) is 19.1. The van der Waals surface area contributed by atoms with E-state index in [-0.39, 0.29) is 0 Å². The molecule has 1 aliphatic heterocycles. The number of unbranched alkanes of at least 4 members (excludes halogenated alkanes) is 3. The van der Waals surface area contributed by atoms with Crippen LogP contribution in [0.4, 0.5) is 5.69 Å². The van der Waals surface area contributed by atoms with E-state index in [1.54, 1.807) is 12.1 Å². The number of benzene rings is 1. The normalized spacial score (nSPS) is 18.8. The van der Waals surface area contributed by atoms with Gasteiger partial charge in [0.25, 0.3) is 0 Å². The van der Waals surface area contributed by atoms with Crippen LogP contribution in [0.3, 0.4) is 0 Å². The van der Waals surface area contributed by atoms with E-state index in [0.29, 0.717) is 33.9 Å². The highest BCUT2D eigenvalue weighted by atomic mass is 35.5. The van der Waals surface area contributed by atoms with E-state index < -0.39 is 6.10 Å². The molecule has 1 fully saturated rings. The molecule has 0 aromatic heterocycles. The van der Waals surface area contributed by atoms with Gasteiger partial charge in [0.1, 0.15) is 0 Å². The maximum atomic E-state index is 10.3. The molecule has 1 saturated heterocycles. The van der Waals surface area contributed by atoms with Crippen molar-refractivity contribution in [2.45, 2.75) is 63.5 Å². The first-order valence-corrected chi connectivity index (χ1v) is 11.7. The summed E-state index contributed by atoms with van der Waals surface area (Å²) < 4.78 is 5.81. The summed E-state index contributed by atoms with van der Waals surface area (Å²) >= 11 is 12.0. The zero-order valence-electron chi connectivity index (χ0n) is 17.6. The Hall–Kier alpha value is -0.560. The van der Waals surface area contributed by atoms with Gasteiger partial charge >= 0.3 is 0 Å². The summed E-state index contributed by atoms with van der Waals surface area (Å²) in [7, 11) is 2.23. The SMILES string of the molecule is CN1CCCCC1CCOCCCCCCNCC(O)c1cc(Cl)c(N)c(Cl)c1. The molecule has 0 bridgehead atoms. The van der Waals surface area contributed by atoms with Gasteiger partial charge in [-0.1, -0.05) is 42.5 Å². The van der Waals surface area contributed by atoms with Crippen molar-refractivity contribution >= 4 is 28.9 Å². The summed E-state index contributed by atoms with van der Waals surface area (Å²) in [4.78, 5) is 2.48. The maximum absolute atomic E-state index is 10.3. The van der Waals surface area contributed by atoms with Gasteiger partial charge in [-0.2, -0.15) is 0 Å². The lowest BCUT2D eigenvalue weighted by Crippen LogP contribution is -2.36. The first kappa shape index (κ1) is 24.7. The molecule has 4 N–H and O–H groups in total. The summed E-state index contributed by atoms with van der Waals surface area (Å²) in [5.74, 6) is 0. The average Bonchev–Trinajstić information content (AvgIpc) is 2.70. The Morgan fingerprint density at radius 1 is 1.17 bits per heavy atom. The van der Waals surface area contributed by atoms with E-state index in [1.165, 1.54) is 32.2 Å². The highest BCUT2D eigenvalue weighted by molar-refractivity contribution is 6.38. The van der Waals surface area contributed by atoms with Crippen molar-refractivity contribution in [2.75, 3.05) is 45.6 Å². The molecule has 1 aromatic carbocycles. The average molecular weight is 446 g/mol. The lowest BCUT2D eigenvalue weighted by molar-refractivity contribution is 0.0897. The Balaban J connectivity index is 1.43. The Morgan fingerprint density at radius 3 is 2.62 bits per heavy atom. The molecule has 2 unspecified atom stereocenters. The van der Waals surface area contributed by atoms with E-state index >= 15 is 0 Å². The van der Waals surface area contributed by atoms with E-state index in [4.69, 9.17) is 33.7 Å². The van der Waals surface area contributed by atoms with Crippen molar-refractivity contribution < 1.29 is 9.84 Å². The number of nitrogens with one attached hydrogen (secondary N) is 1. The van der Waals surface area contributed by atoms with Gasteiger partial charge in [-0.05, 0) is 69.9 Å². The summed E-state index contributed by atoms with van der Waals surface area (Å²) in [6.07, 6.45) is 9.07. The summed E-state index contributed by atoms with van der Waals surface area (Å²) in [5.41, 5.74) is 6.75. The first-order valence-electron chi connectivity index (χ1n) is 10.9. The zero-order chi connectivity index (χ0) is 21.1. The fraction of sp³-hybridized carbons (Fsp3) is 0.727. The van der Waals surface area contributed by atoms with Crippen molar-refractivity contribution in [1.29, 1.82) is 0 Å². The molecule has 0 aliphatic carbocycles. The number of aliphatic hydroxyl groups excluding tert-OH is 1. The van der Waals surface area contributed by atoms with Gasteiger partial charge in [-0.25, -0.2) is 0 Å². The van der Waals surface area contributed by atoms with E-state index in [0.717, 1.165) is 45.4 Å². The predicted octanol–water partition coefficient (Wildman–Crippen LogP) is 4.65. The number of hydrogen-bond donors (Lipinski definition) is 3. The topological polar surface area (TPSA) is 70.8 Å². The van der Waals surface area contributed by atoms with Crippen LogP contribution in [0.15, 0.2) is 12.1 Å². The minimum Gasteiger partial charge on any atom is -0.396 e. The van der Waals surface area contributed by atoms with Crippen LogP contribution in [0.2, 0.25) is 10.0 Å². The number of likely N-dealkylation sites (tertiary alicyclic amines) is 1. The summed E-state index contributed by atoms with van der Waals surface area (Å²) in [5, 5.41) is 14.3. The van der Waals surface area contributed by atoms with Gasteiger partial charge in [0.15, 0.2) is 0 Å². The smallest absolute Gasteiger partial charge is 0.0915 e. The molecule has 1 aliphatic rings. The van der Waals surface area contributed by atoms with Crippen molar-refractivity contribution in [3.05, 3.63) is 27.7 Å². The van der Waals surface area contributed by atoms with Crippen LogP contribution < -0.4 is 11.1 Å². The minimum absolute atomic E-state index is 0.350. The number of rotatable bonds is 13. The van der Waals surface area contributed by atoms with Crippen molar-refractivity contribution in [3.63, 3.8) is 0 Å². The number of piperidine rings is 1. The van der Waals surface area contributed by atoms with Gasteiger partial charge in [0.2, 0.25) is 0 Å². The van der Waals surface area contributed by atoms with Crippen LogP contribution in [0.5, 0.6) is 0 Å². The fourth-order valence-corrected chi connectivity index (χ4v) is 4.29. The van der Waals surface area contributed by atoms with Crippen molar-refractivity contribution in [3.8, 4) is 0 Å². The van der Waals surface area contributed by atoms with Gasteiger partial charge < -0.3 is 25.8 Å². The second-order valence-corrected chi connectivity index (χ2v) is 8.88. The summed E-state index contributed by atoms with van der Waals surface area (Å²) in [6.45, 7) is 4.32. The van der Waals surface area contributed by atoms with Crippen LogP contribution in [-0.4, -0.2) is 55.9 Å². The van der Waals surface area contributed by atoms with Gasteiger partial charge in [0.05, 0.1) is 21.8 Å². The number of anilines is 1. The lowest BCUT2D eigenvalue weighted by Gasteiger charge is -2.32. The molecule has 29 heavy (non-hydrogen) atoms. The molecule has 2 rings (SSSR count). The highest BCUT2D eigenvalue weighted by Gasteiger charge is 2.18. The second-order valence-electron chi connectivity index (χ2n) is 8.06.